The molecular formula is C12H16BrN3O5. The SMILES string of the molecule is Cc1cn([C@H]2C[C@H](O)[C@@H](CNC(=O)CBr)O2)c(=O)[nH]c1=O. The van der Waals surface area contributed by atoms with Crippen LogP contribution < -0.4 is 16.6 Å². The second-order valence-electron chi connectivity index (χ2n) is 4.85. The van der Waals surface area contributed by atoms with Crippen molar-refractivity contribution in [1.82, 2.24) is 14.9 Å². The Bertz CT molecular complexity index is 641. The second-order valence-corrected chi connectivity index (χ2v) is 5.41. The maximum atomic E-state index is 11.8. The van der Waals surface area contributed by atoms with Crippen molar-refractivity contribution in [2.45, 2.75) is 31.8 Å². The first-order valence-corrected chi connectivity index (χ1v) is 7.52. The number of rotatable bonds is 4. The van der Waals surface area contributed by atoms with Crippen molar-refractivity contribution in [1.29, 1.82) is 0 Å². The van der Waals surface area contributed by atoms with Gasteiger partial charge in [0.15, 0.2) is 0 Å². The molecule has 3 atom stereocenters. The maximum Gasteiger partial charge on any atom is 0.330 e. The van der Waals surface area contributed by atoms with Gasteiger partial charge in [0.1, 0.15) is 12.3 Å². The van der Waals surface area contributed by atoms with Gasteiger partial charge in [0.05, 0.1) is 11.4 Å². The zero-order valence-corrected chi connectivity index (χ0v) is 12.9. The Morgan fingerprint density at radius 2 is 2.33 bits per heavy atom. The maximum absolute atomic E-state index is 11.8. The van der Waals surface area contributed by atoms with E-state index in [-0.39, 0.29) is 24.2 Å². The van der Waals surface area contributed by atoms with E-state index in [1.807, 2.05) is 0 Å². The highest BCUT2D eigenvalue weighted by molar-refractivity contribution is 9.09. The van der Waals surface area contributed by atoms with Gasteiger partial charge in [-0.25, -0.2) is 4.79 Å². The molecular weight excluding hydrogens is 346 g/mol. The van der Waals surface area contributed by atoms with Crippen LogP contribution in [0.4, 0.5) is 0 Å². The van der Waals surface area contributed by atoms with Crippen LogP contribution in [-0.4, -0.2) is 44.6 Å². The van der Waals surface area contributed by atoms with Crippen LogP contribution >= 0.6 is 15.9 Å². The number of aryl methyl sites for hydroxylation is 1. The number of aromatic nitrogens is 2. The highest BCUT2D eigenvalue weighted by atomic mass is 79.9. The van der Waals surface area contributed by atoms with E-state index < -0.39 is 29.7 Å². The van der Waals surface area contributed by atoms with E-state index >= 15 is 0 Å². The summed E-state index contributed by atoms with van der Waals surface area (Å²) in [6, 6.07) is 0. The van der Waals surface area contributed by atoms with Gasteiger partial charge in [0.2, 0.25) is 5.91 Å². The number of alkyl halides is 1. The topological polar surface area (TPSA) is 113 Å². The fraction of sp³-hybridized carbons (Fsp3) is 0.583. The molecule has 1 saturated heterocycles. The number of nitrogens with one attached hydrogen (secondary N) is 2. The van der Waals surface area contributed by atoms with E-state index in [1.54, 1.807) is 6.92 Å². The van der Waals surface area contributed by atoms with E-state index in [4.69, 9.17) is 4.74 Å². The van der Waals surface area contributed by atoms with E-state index in [9.17, 15) is 19.5 Å². The summed E-state index contributed by atoms with van der Waals surface area (Å²) in [6.45, 7) is 1.73. The van der Waals surface area contributed by atoms with Gasteiger partial charge in [-0.05, 0) is 6.92 Å². The van der Waals surface area contributed by atoms with Gasteiger partial charge in [0.25, 0.3) is 5.56 Å². The lowest BCUT2D eigenvalue weighted by Gasteiger charge is -2.16. The number of amides is 1. The zero-order chi connectivity index (χ0) is 15.6. The zero-order valence-electron chi connectivity index (χ0n) is 11.3. The lowest BCUT2D eigenvalue weighted by Crippen LogP contribution is -2.37. The molecule has 9 heteroatoms. The number of hydrogen-bond donors (Lipinski definition) is 3. The molecule has 116 valence electrons. The third kappa shape index (κ3) is 3.60. The second kappa shape index (κ2) is 6.54. The van der Waals surface area contributed by atoms with Gasteiger partial charge in [-0.15, -0.1) is 0 Å². The Morgan fingerprint density at radius 1 is 1.62 bits per heavy atom. The van der Waals surface area contributed by atoms with Crippen LogP contribution in [0.3, 0.4) is 0 Å². The van der Waals surface area contributed by atoms with Crippen molar-refractivity contribution < 1.29 is 14.6 Å². The highest BCUT2D eigenvalue weighted by Gasteiger charge is 2.35. The van der Waals surface area contributed by atoms with Crippen LogP contribution in [0, 0.1) is 6.92 Å². The Hall–Kier alpha value is -1.45. The van der Waals surface area contributed by atoms with Gasteiger partial charge >= 0.3 is 5.69 Å². The molecule has 1 aromatic heterocycles. The standard InChI is InChI=1S/C12H16BrN3O5/c1-6-5-16(12(20)15-11(6)19)10-2-7(17)8(21-10)4-14-9(18)3-13/h5,7-8,10,17H,2-4H2,1H3,(H,14,18)(H,15,19,20)/t7-,8+,10+/m0/s1. The lowest BCUT2D eigenvalue weighted by molar-refractivity contribution is -0.119. The van der Waals surface area contributed by atoms with Crippen LogP contribution in [0.1, 0.15) is 18.2 Å². The van der Waals surface area contributed by atoms with Crippen LogP contribution in [-0.2, 0) is 9.53 Å². The number of carbonyl (C=O) groups excluding carboxylic acids is 1. The van der Waals surface area contributed by atoms with Gasteiger partial charge in [-0.3, -0.25) is 19.1 Å². The number of ether oxygens (including phenoxy) is 1. The van der Waals surface area contributed by atoms with Gasteiger partial charge in [-0.1, -0.05) is 15.9 Å². The number of hydrogen-bond acceptors (Lipinski definition) is 5. The smallest absolute Gasteiger partial charge is 0.330 e. The molecule has 0 aromatic carbocycles. The van der Waals surface area contributed by atoms with Crippen LogP contribution in [0.2, 0.25) is 0 Å². The molecule has 1 fully saturated rings. The van der Waals surface area contributed by atoms with Crippen molar-refractivity contribution in [2.24, 2.45) is 0 Å². The van der Waals surface area contributed by atoms with Gasteiger partial charge in [-0.2, -0.15) is 0 Å². The molecule has 1 amide bonds. The quantitative estimate of drug-likeness (QED) is 0.595. The van der Waals surface area contributed by atoms with Crippen LogP contribution in [0.5, 0.6) is 0 Å². The average Bonchev–Trinajstić information content (AvgIpc) is 2.81. The van der Waals surface area contributed by atoms with Crippen molar-refractivity contribution in [3.63, 3.8) is 0 Å². The number of aliphatic hydroxyl groups excluding tert-OH is 1. The van der Waals surface area contributed by atoms with Gasteiger partial charge < -0.3 is 15.2 Å². The molecule has 1 aromatic rings. The first-order chi connectivity index (χ1) is 9.92. The molecule has 0 saturated carbocycles. The molecule has 0 bridgehead atoms. The minimum Gasteiger partial charge on any atom is -0.390 e. The monoisotopic (exact) mass is 361 g/mol. The fourth-order valence-electron chi connectivity index (χ4n) is 2.13. The van der Waals surface area contributed by atoms with Crippen molar-refractivity contribution >= 4 is 21.8 Å². The number of H-pyrrole nitrogens is 1. The molecule has 0 aliphatic carbocycles. The molecule has 3 N–H and O–H groups in total. The number of carbonyl (C=O) groups is 1. The predicted molar refractivity (Wildman–Crippen MR) is 77.4 cm³/mol. The molecule has 1 aliphatic heterocycles. The predicted octanol–water partition coefficient (Wildman–Crippen LogP) is -0.995. The lowest BCUT2D eigenvalue weighted by atomic mass is 10.2. The first-order valence-electron chi connectivity index (χ1n) is 6.40. The summed E-state index contributed by atoms with van der Waals surface area (Å²) in [4.78, 5) is 36.5. The third-order valence-electron chi connectivity index (χ3n) is 3.28. The molecule has 8 nitrogen and oxygen atoms in total. The van der Waals surface area contributed by atoms with E-state index in [0.29, 0.717) is 5.56 Å². The summed E-state index contributed by atoms with van der Waals surface area (Å²) in [5, 5.41) is 12.7. The summed E-state index contributed by atoms with van der Waals surface area (Å²) < 4.78 is 6.83. The molecule has 0 unspecified atom stereocenters. The molecule has 0 spiro atoms. The molecule has 2 heterocycles. The molecule has 1 aliphatic rings. The van der Waals surface area contributed by atoms with E-state index in [1.165, 1.54) is 10.8 Å². The van der Waals surface area contributed by atoms with Crippen molar-refractivity contribution in [3.05, 3.63) is 32.6 Å². The Labute approximate surface area is 128 Å². The van der Waals surface area contributed by atoms with Crippen LogP contribution in [0.15, 0.2) is 15.8 Å². The summed E-state index contributed by atoms with van der Waals surface area (Å²) in [7, 11) is 0. The first kappa shape index (κ1) is 15.9. The van der Waals surface area contributed by atoms with E-state index in [0.717, 1.165) is 0 Å². The summed E-state index contributed by atoms with van der Waals surface area (Å²) >= 11 is 3.02. The largest absolute Gasteiger partial charge is 0.390 e. The average molecular weight is 362 g/mol. The van der Waals surface area contributed by atoms with E-state index in [2.05, 4.69) is 26.2 Å². The molecule has 2 rings (SSSR count). The normalized spacial score (nSPS) is 25.0. The van der Waals surface area contributed by atoms with Crippen molar-refractivity contribution in [2.75, 3.05) is 11.9 Å². The molecule has 21 heavy (non-hydrogen) atoms. The summed E-state index contributed by atoms with van der Waals surface area (Å²) in [5.74, 6) is -0.216. The van der Waals surface area contributed by atoms with Crippen molar-refractivity contribution in [3.8, 4) is 0 Å². The molecule has 0 radical (unpaired) electrons. The third-order valence-corrected chi connectivity index (χ3v) is 3.79. The summed E-state index contributed by atoms with van der Waals surface area (Å²) in [5.41, 5.74) is -0.660. The number of nitrogens with zero attached hydrogens (tertiary/aromatic N) is 1. The Balaban J connectivity index is 2.10. The summed E-state index contributed by atoms with van der Waals surface area (Å²) in [6.07, 6.45) is -0.464. The fourth-order valence-corrected chi connectivity index (χ4v) is 2.33. The number of aromatic amines is 1. The highest BCUT2D eigenvalue weighted by Crippen LogP contribution is 2.27. The minimum atomic E-state index is -0.801. The Kier molecular flexibility index (Phi) is 4.96. The number of aliphatic hydroxyl groups is 1. The van der Waals surface area contributed by atoms with Gasteiger partial charge in [0, 0.05) is 24.7 Å². The minimum absolute atomic E-state index is 0.152. The number of halogens is 1. The Morgan fingerprint density at radius 3 is 3.00 bits per heavy atom. The van der Waals surface area contributed by atoms with Crippen LogP contribution in [0.25, 0.3) is 0 Å².